The minimum Gasteiger partial charge on any atom is -0.376 e. The second-order valence-electron chi connectivity index (χ2n) is 5.47. The second kappa shape index (κ2) is 8.38. The molecule has 1 fully saturated rings. The molecule has 1 aliphatic heterocycles. The van der Waals surface area contributed by atoms with Crippen molar-refractivity contribution < 1.29 is 13.2 Å². The molecule has 0 amide bonds. The Bertz CT molecular complexity index is 418. The molecule has 1 atom stereocenters. The van der Waals surface area contributed by atoms with E-state index in [4.69, 9.17) is 4.74 Å². The lowest BCUT2D eigenvalue weighted by Crippen LogP contribution is -2.48. The third-order valence-electron chi connectivity index (χ3n) is 3.43. The van der Waals surface area contributed by atoms with Crippen LogP contribution in [0.15, 0.2) is 4.99 Å². The van der Waals surface area contributed by atoms with Gasteiger partial charge in [-0.25, -0.2) is 8.42 Å². The number of nitrogens with one attached hydrogen (secondary N) is 2. The summed E-state index contributed by atoms with van der Waals surface area (Å²) < 4.78 is 27.9. The summed E-state index contributed by atoms with van der Waals surface area (Å²) >= 11 is 0. The fraction of sp³-hybridized carbons (Fsp3) is 0.917. The summed E-state index contributed by atoms with van der Waals surface area (Å²) in [7, 11) is -1.44. The Morgan fingerprint density at radius 2 is 2.05 bits per heavy atom. The van der Waals surface area contributed by atoms with Crippen LogP contribution < -0.4 is 10.6 Å². The Labute approximate surface area is 139 Å². The number of ether oxygens (including phenoxy) is 1. The summed E-state index contributed by atoms with van der Waals surface area (Å²) in [6.07, 6.45) is 3.62. The van der Waals surface area contributed by atoms with Crippen molar-refractivity contribution in [2.75, 3.05) is 33.0 Å². The molecular formula is C12H26IN3O3S. The van der Waals surface area contributed by atoms with E-state index >= 15 is 0 Å². The molecule has 0 aliphatic carbocycles. The third-order valence-corrected chi connectivity index (χ3v) is 5.58. The molecule has 1 heterocycles. The van der Waals surface area contributed by atoms with Crippen molar-refractivity contribution in [1.29, 1.82) is 0 Å². The molecule has 1 saturated heterocycles. The fourth-order valence-corrected chi connectivity index (χ4v) is 2.00. The van der Waals surface area contributed by atoms with Gasteiger partial charge in [0.05, 0.1) is 10.9 Å². The van der Waals surface area contributed by atoms with E-state index in [0.29, 0.717) is 19.0 Å². The molecule has 0 aromatic heterocycles. The summed E-state index contributed by atoms with van der Waals surface area (Å²) in [6, 6.07) is 0. The molecule has 0 aromatic rings. The van der Waals surface area contributed by atoms with Crippen LogP contribution >= 0.6 is 24.0 Å². The average Bonchev–Trinajstić information content (AvgIpc) is 2.80. The van der Waals surface area contributed by atoms with E-state index in [9.17, 15) is 8.42 Å². The van der Waals surface area contributed by atoms with Crippen LogP contribution in [0.3, 0.4) is 0 Å². The zero-order valence-corrected chi connectivity index (χ0v) is 15.7. The van der Waals surface area contributed by atoms with E-state index in [0.717, 1.165) is 19.4 Å². The molecule has 2 N–H and O–H groups in total. The number of rotatable bonds is 5. The highest BCUT2D eigenvalue weighted by atomic mass is 127. The maximum atomic E-state index is 11.6. The van der Waals surface area contributed by atoms with Crippen LogP contribution in [0, 0.1) is 0 Å². The van der Waals surface area contributed by atoms with Crippen molar-refractivity contribution in [3.05, 3.63) is 0 Å². The van der Waals surface area contributed by atoms with Crippen molar-refractivity contribution in [2.45, 2.75) is 37.5 Å². The largest absolute Gasteiger partial charge is 0.376 e. The van der Waals surface area contributed by atoms with Gasteiger partial charge in [0.1, 0.15) is 0 Å². The lowest BCUT2D eigenvalue weighted by Gasteiger charge is -2.24. The molecule has 0 saturated carbocycles. The highest BCUT2D eigenvalue weighted by molar-refractivity contribution is 14.0. The average molecular weight is 419 g/mol. The van der Waals surface area contributed by atoms with Gasteiger partial charge in [-0.05, 0) is 26.7 Å². The van der Waals surface area contributed by atoms with E-state index < -0.39 is 14.6 Å². The number of guanidine groups is 1. The van der Waals surface area contributed by atoms with Gasteiger partial charge in [-0.1, -0.05) is 0 Å². The third kappa shape index (κ3) is 6.13. The highest BCUT2D eigenvalue weighted by Crippen LogP contribution is 2.13. The van der Waals surface area contributed by atoms with Crippen LogP contribution in [0.5, 0.6) is 0 Å². The highest BCUT2D eigenvalue weighted by Gasteiger charge is 2.30. The maximum Gasteiger partial charge on any atom is 0.191 e. The van der Waals surface area contributed by atoms with Crippen molar-refractivity contribution in [2.24, 2.45) is 4.99 Å². The molecule has 0 aromatic carbocycles. The lowest BCUT2D eigenvalue weighted by atomic mass is 10.2. The normalized spacial score (nSPS) is 20.4. The number of nitrogens with zero attached hydrogens (tertiary/aromatic N) is 1. The van der Waals surface area contributed by atoms with Crippen LogP contribution in [0.2, 0.25) is 0 Å². The minimum absolute atomic E-state index is 0. The minimum atomic E-state index is -3.11. The molecule has 1 unspecified atom stereocenters. The molecule has 20 heavy (non-hydrogen) atoms. The Morgan fingerprint density at radius 3 is 2.50 bits per heavy atom. The standard InChI is InChI=1S/C12H25N3O3S.HI/c1-12(2,19(4,16)17)9-15-11(13-3)14-8-10-6-5-7-18-10;/h10H,5-9H2,1-4H3,(H2,13,14,15);1H. The molecule has 0 bridgehead atoms. The lowest BCUT2D eigenvalue weighted by molar-refractivity contribution is 0.114. The molecule has 0 radical (unpaired) electrons. The van der Waals surface area contributed by atoms with E-state index in [-0.39, 0.29) is 30.1 Å². The first kappa shape index (κ1) is 19.9. The number of hydrogen-bond acceptors (Lipinski definition) is 4. The molecule has 0 spiro atoms. The zero-order chi connectivity index (χ0) is 14.5. The zero-order valence-electron chi connectivity index (χ0n) is 12.6. The molecule has 120 valence electrons. The monoisotopic (exact) mass is 419 g/mol. The second-order valence-corrected chi connectivity index (χ2v) is 8.12. The van der Waals surface area contributed by atoms with Crippen LogP contribution in [-0.2, 0) is 14.6 Å². The summed E-state index contributed by atoms with van der Waals surface area (Å²) in [5, 5.41) is 6.20. The first-order chi connectivity index (χ1) is 8.76. The summed E-state index contributed by atoms with van der Waals surface area (Å²) in [5.74, 6) is 0.604. The molecule has 1 aliphatic rings. The predicted octanol–water partition coefficient (Wildman–Crippen LogP) is 0.772. The number of sulfone groups is 1. The summed E-state index contributed by atoms with van der Waals surface area (Å²) in [4.78, 5) is 4.08. The van der Waals surface area contributed by atoms with Gasteiger partial charge in [-0.2, -0.15) is 0 Å². The van der Waals surface area contributed by atoms with E-state index in [1.54, 1.807) is 20.9 Å². The van der Waals surface area contributed by atoms with Gasteiger partial charge in [0.25, 0.3) is 0 Å². The molecule has 1 rings (SSSR count). The topological polar surface area (TPSA) is 79.8 Å². The Hall–Kier alpha value is -0.0900. The van der Waals surface area contributed by atoms with Crippen LogP contribution in [0.4, 0.5) is 0 Å². The smallest absolute Gasteiger partial charge is 0.191 e. The molecular weight excluding hydrogens is 393 g/mol. The van der Waals surface area contributed by atoms with Crippen LogP contribution in [0.1, 0.15) is 26.7 Å². The Balaban J connectivity index is 0.00000361. The Kier molecular flexibility index (Phi) is 8.34. The quantitative estimate of drug-likeness (QED) is 0.391. The number of aliphatic imine (C=N–C) groups is 1. The van der Waals surface area contributed by atoms with Crippen molar-refractivity contribution in [3.8, 4) is 0 Å². The van der Waals surface area contributed by atoms with Gasteiger partial charge >= 0.3 is 0 Å². The van der Waals surface area contributed by atoms with Crippen molar-refractivity contribution >= 4 is 39.8 Å². The van der Waals surface area contributed by atoms with Crippen LogP contribution in [-0.4, -0.2) is 58.2 Å². The van der Waals surface area contributed by atoms with Gasteiger partial charge in [0.15, 0.2) is 15.8 Å². The first-order valence-corrected chi connectivity index (χ1v) is 8.41. The SMILES string of the molecule is CN=C(NCC1CCCO1)NCC(C)(C)S(C)(=O)=O.I. The van der Waals surface area contributed by atoms with Crippen molar-refractivity contribution in [3.63, 3.8) is 0 Å². The summed E-state index contributed by atoms with van der Waals surface area (Å²) in [6.45, 7) is 5.22. The van der Waals surface area contributed by atoms with E-state index in [1.165, 1.54) is 6.26 Å². The summed E-state index contributed by atoms with van der Waals surface area (Å²) in [5.41, 5.74) is 0. The number of halogens is 1. The predicted molar refractivity (Wildman–Crippen MR) is 92.7 cm³/mol. The van der Waals surface area contributed by atoms with Gasteiger partial charge in [-0.3, -0.25) is 4.99 Å². The number of hydrogen-bond donors (Lipinski definition) is 2. The molecule has 8 heteroatoms. The van der Waals surface area contributed by atoms with E-state index in [2.05, 4.69) is 15.6 Å². The van der Waals surface area contributed by atoms with Gasteiger partial charge in [0.2, 0.25) is 0 Å². The maximum absolute atomic E-state index is 11.6. The Morgan fingerprint density at radius 1 is 1.40 bits per heavy atom. The van der Waals surface area contributed by atoms with Gasteiger partial charge in [0, 0.05) is 33.0 Å². The first-order valence-electron chi connectivity index (χ1n) is 6.52. The molecule has 6 nitrogen and oxygen atoms in total. The van der Waals surface area contributed by atoms with Crippen molar-refractivity contribution in [1.82, 2.24) is 10.6 Å². The fourth-order valence-electron chi connectivity index (χ4n) is 1.66. The van der Waals surface area contributed by atoms with E-state index in [1.807, 2.05) is 0 Å². The van der Waals surface area contributed by atoms with Gasteiger partial charge < -0.3 is 15.4 Å². The van der Waals surface area contributed by atoms with Crippen LogP contribution in [0.25, 0.3) is 0 Å². The van der Waals surface area contributed by atoms with Gasteiger partial charge in [-0.15, -0.1) is 24.0 Å².